The molecule has 0 fully saturated rings. The van der Waals surface area contributed by atoms with Gasteiger partial charge in [-0.3, -0.25) is 4.21 Å². The standard InChI is InChI=1S/C15H25NO2S/c1-5-19(17)11-10-16-13(4)14-6-8-15(9-7-14)18-12(2)3/h6-9,12-13,16H,5,10-11H2,1-4H3. The van der Waals surface area contributed by atoms with Gasteiger partial charge in [0.05, 0.1) is 6.10 Å². The van der Waals surface area contributed by atoms with E-state index >= 15 is 0 Å². The fourth-order valence-corrected chi connectivity index (χ4v) is 2.39. The van der Waals surface area contributed by atoms with Crippen LogP contribution in [0.5, 0.6) is 5.75 Å². The topological polar surface area (TPSA) is 38.3 Å². The molecule has 0 heterocycles. The van der Waals surface area contributed by atoms with Gasteiger partial charge in [-0.2, -0.15) is 0 Å². The van der Waals surface area contributed by atoms with Crippen molar-refractivity contribution in [2.24, 2.45) is 0 Å². The molecule has 0 saturated carbocycles. The molecule has 108 valence electrons. The summed E-state index contributed by atoms with van der Waals surface area (Å²) in [5, 5.41) is 3.39. The van der Waals surface area contributed by atoms with Gasteiger partial charge in [-0.1, -0.05) is 19.1 Å². The predicted molar refractivity (Wildman–Crippen MR) is 82.2 cm³/mol. The number of rotatable bonds is 8. The molecule has 3 nitrogen and oxygen atoms in total. The lowest BCUT2D eigenvalue weighted by molar-refractivity contribution is 0.242. The van der Waals surface area contributed by atoms with Crippen LogP contribution in [0.3, 0.4) is 0 Å². The molecule has 0 aromatic heterocycles. The summed E-state index contributed by atoms with van der Waals surface area (Å²) in [6.07, 6.45) is 0.199. The molecule has 0 bridgehead atoms. The maximum atomic E-state index is 11.3. The van der Waals surface area contributed by atoms with Gasteiger partial charge in [0.1, 0.15) is 5.75 Å². The Morgan fingerprint density at radius 2 is 1.84 bits per heavy atom. The Morgan fingerprint density at radius 1 is 1.21 bits per heavy atom. The lowest BCUT2D eigenvalue weighted by Crippen LogP contribution is -2.24. The second-order valence-corrected chi connectivity index (χ2v) is 6.71. The molecular formula is C15H25NO2S. The Morgan fingerprint density at radius 3 is 2.37 bits per heavy atom. The van der Waals surface area contributed by atoms with Gasteiger partial charge in [0.25, 0.3) is 0 Å². The number of hydrogen-bond donors (Lipinski definition) is 1. The molecule has 0 aliphatic heterocycles. The van der Waals surface area contributed by atoms with Crippen LogP contribution < -0.4 is 10.1 Å². The molecule has 0 aliphatic rings. The van der Waals surface area contributed by atoms with E-state index in [0.29, 0.717) is 0 Å². The summed E-state index contributed by atoms with van der Waals surface area (Å²) < 4.78 is 16.9. The first-order valence-corrected chi connectivity index (χ1v) is 8.36. The Bertz CT molecular complexity index is 390. The second kappa shape index (κ2) is 8.33. The molecule has 2 unspecified atom stereocenters. The van der Waals surface area contributed by atoms with Gasteiger partial charge in [0, 0.05) is 34.9 Å². The third-order valence-electron chi connectivity index (χ3n) is 2.85. The Balaban J connectivity index is 2.44. The van der Waals surface area contributed by atoms with Crippen molar-refractivity contribution < 1.29 is 8.95 Å². The molecule has 1 aromatic carbocycles. The highest BCUT2D eigenvalue weighted by Gasteiger charge is 2.06. The van der Waals surface area contributed by atoms with E-state index in [9.17, 15) is 4.21 Å². The van der Waals surface area contributed by atoms with Crippen LogP contribution in [0, 0.1) is 0 Å². The monoisotopic (exact) mass is 283 g/mol. The van der Waals surface area contributed by atoms with Crippen LogP contribution >= 0.6 is 0 Å². The van der Waals surface area contributed by atoms with Gasteiger partial charge in [-0.05, 0) is 38.5 Å². The molecule has 19 heavy (non-hydrogen) atoms. The average molecular weight is 283 g/mol. The molecular weight excluding hydrogens is 258 g/mol. The van der Waals surface area contributed by atoms with E-state index in [1.54, 1.807) is 0 Å². The van der Waals surface area contributed by atoms with Crippen molar-refractivity contribution in [3.63, 3.8) is 0 Å². The summed E-state index contributed by atoms with van der Waals surface area (Å²) >= 11 is 0. The van der Waals surface area contributed by atoms with Crippen LogP contribution in [0.25, 0.3) is 0 Å². The van der Waals surface area contributed by atoms with Gasteiger partial charge >= 0.3 is 0 Å². The summed E-state index contributed by atoms with van der Waals surface area (Å²) in [6.45, 7) is 8.89. The van der Waals surface area contributed by atoms with Crippen molar-refractivity contribution in [1.29, 1.82) is 0 Å². The largest absolute Gasteiger partial charge is 0.491 e. The third-order valence-corrected chi connectivity index (χ3v) is 4.16. The van der Waals surface area contributed by atoms with Gasteiger partial charge in [0.15, 0.2) is 0 Å². The zero-order valence-corrected chi connectivity index (χ0v) is 13.1. The zero-order chi connectivity index (χ0) is 14.3. The summed E-state index contributed by atoms with van der Waals surface area (Å²) in [5.74, 6) is 2.35. The molecule has 0 spiro atoms. The molecule has 0 aliphatic carbocycles. The van der Waals surface area contributed by atoms with Crippen LogP contribution in [0.2, 0.25) is 0 Å². The first-order valence-electron chi connectivity index (χ1n) is 6.88. The number of ether oxygens (including phenoxy) is 1. The van der Waals surface area contributed by atoms with Crippen LogP contribution in [0.1, 0.15) is 39.3 Å². The van der Waals surface area contributed by atoms with Gasteiger partial charge in [-0.15, -0.1) is 0 Å². The summed E-state index contributed by atoms with van der Waals surface area (Å²) in [5.41, 5.74) is 1.22. The summed E-state index contributed by atoms with van der Waals surface area (Å²) in [4.78, 5) is 0. The fourth-order valence-electron chi connectivity index (χ4n) is 1.76. The Hall–Kier alpha value is -0.870. The lowest BCUT2D eigenvalue weighted by atomic mass is 10.1. The van der Waals surface area contributed by atoms with Crippen molar-refractivity contribution in [2.75, 3.05) is 18.1 Å². The van der Waals surface area contributed by atoms with E-state index in [1.165, 1.54) is 5.56 Å². The molecule has 0 amide bonds. The molecule has 0 radical (unpaired) electrons. The fraction of sp³-hybridized carbons (Fsp3) is 0.600. The van der Waals surface area contributed by atoms with E-state index in [4.69, 9.17) is 4.74 Å². The summed E-state index contributed by atoms with van der Waals surface area (Å²) in [6, 6.07) is 8.41. The number of benzene rings is 1. The SMILES string of the molecule is CCS(=O)CCNC(C)c1ccc(OC(C)C)cc1. The minimum atomic E-state index is -0.693. The van der Waals surface area contributed by atoms with Gasteiger partial charge in [-0.25, -0.2) is 0 Å². The van der Waals surface area contributed by atoms with Crippen molar-refractivity contribution in [3.8, 4) is 5.75 Å². The number of hydrogen-bond acceptors (Lipinski definition) is 3. The van der Waals surface area contributed by atoms with Crippen molar-refractivity contribution in [1.82, 2.24) is 5.32 Å². The zero-order valence-electron chi connectivity index (χ0n) is 12.3. The van der Waals surface area contributed by atoms with Crippen molar-refractivity contribution >= 4 is 10.8 Å². The van der Waals surface area contributed by atoms with E-state index in [1.807, 2.05) is 32.9 Å². The second-order valence-electron chi connectivity index (χ2n) is 4.84. The maximum absolute atomic E-state index is 11.3. The molecule has 2 atom stereocenters. The summed E-state index contributed by atoms with van der Waals surface area (Å²) in [7, 11) is -0.693. The first kappa shape index (κ1) is 16.2. The van der Waals surface area contributed by atoms with Crippen LogP contribution in [-0.4, -0.2) is 28.4 Å². The number of nitrogens with one attached hydrogen (secondary N) is 1. The minimum absolute atomic E-state index is 0.199. The highest BCUT2D eigenvalue weighted by molar-refractivity contribution is 7.84. The third kappa shape index (κ3) is 6.21. The molecule has 1 aromatic rings. The van der Waals surface area contributed by atoms with Crippen molar-refractivity contribution in [3.05, 3.63) is 29.8 Å². The smallest absolute Gasteiger partial charge is 0.119 e. The van der Waals surface area contributed by atoms with E-state index in [2.05, 4.69) is 24.4 Å². The van der Waals surface area contributed by atoms with Gasteiger partial charge in [0.2, 0.25) is 0 Å². The average Bonchev–Trinajstić information content (AvgIpc) is 2.38. The highest BCUT2D eigenvalue weighted by atomic mass is 32.2. The van der Waals surface area contributed by atoms with E-state index in [-0.39, 0.29) is 12.1 Å². The molecule has 1 rings (SSSR count). The lowest BCUT2D eigenvalue weighted by Gasteiger charge is -2.15. The molecule has 4 heteroatoms. The quantitative estimate of drug-likeness (QED) is 0.797. The Kier molecular flexibility index (Phi) is 7.10. The Labute approximate surface area is 119 Å². The highest BCUT2D eigenvalue weighted by Crippen LogP contribution is 2.18. The molecule has 1 N–H and O–H groups in total. The van der Waals surface area contributed by atoms with Crippen LogP contribution in [0.4, 0.5) is 0 Å². The van der Waals surface area contributed by atoms with E-state index in [0.717, 1.165) is 23.8 Å². The van der Waals surface area contributed by atoms with Gasteiger partial charge < -0.3 is 10.1 Å². The minimum Gasteiger partial charge on any atom is -0.491 e. The van der Waals surface area contributed by atoms with Crippen LogP contribution in [0.15, 0.2) is 24.3 Å². The first-order chi connectivity index (χ1) is 9.02. The predicted octanol–water partition coefficient (Wildman–Crippen LogP) is 2.89. The molecule has 0 saturated heterocycles. The van der Waals surface area contributed by atoms with Crippen LogP contribution in [-0.2, 0) is 10.8 Å². The van der Waals surface area contributed by atoms with Crippen molar-refractivity contribution in [2.45, 2.75) is 39.8 Å². The normalized spacial score (nSPS) is 14.4. The van der Waals surface area contributed by atoms with E-state index < -0.39 is 10.8 Å². The maximum Gasteiger partial charge on any atom is 0.119 e.